The molecule has 0 radical (unpaired) electrons. The number of benzene rings is 4. The Morgan fingerprint density at radius 3 is 1.48 bits per heavy atom. The van der Waals surface area contributed by atoms with E-state index in [1.165, 1.54) is 12.8 Å². The van der Waals surface area contributed by atoms with Crippen LogP contribution < -0.4 is 55.3 Å². The van der Waals surface area contributed by atoms with Crippen molar-refractivity contribution in [3.05, 3.63) is 193 Å². The van der Waals surface area contributed by atoms with Crippen molar-refractivity contribution in [2.75, 3.05) is 113 Å². The van der Waals surface area contributed by atoms with Crippen molar-refractivity contribution in [3.8, 4) is 34.5 Å². The molecule has 3 aliphatic rings. The molecule has 2 aliphatic heterocycles. The van der Waals surface area contributed by atoms with E-state index in [9.17, 15) is 14.4 Å². The summed E-state index contributed by atoms with van der Waals surface area (Å²) < 4.78 is 27.2. The van der Waals surface area contributed by atoms with E-state index in [1.807, 2.05) is 143 Å². The van der Waals surface area contributed by atoms with Gasteiger partial charge in [0.2, 0.25) is 5.91 Å². The number of rotatable bonds is 24. The summed E-state index contributed by atoms with van der Waals surface area (Å²) in [5.41, 5.74) is 6.31. The highest BCUT2D eigenvalue weighted by atomic mass is 16.5. The van der Waals surface area contributed by atoms with E-state index >= 15 is 0 Å². The maximum atomic E-state index is 13.0. The lowest BCUT2D eigenvalue weighted by atomic mass is 10.2. The molecule has 3 fully saturated rings. The molecule has 8 heterocycles. The summed E-state index contributed by atoms with van der Waals surface area (Å²) in [7, 11) is 13.1. The molecule has 2 saturated heterocycles. The number of anilines is 6. The highest BCUT2D eigenvalue weighted by Crippen LogP contribution is 2.38. The summed E-state index contributed by atoms with van der Waals surface area (Å²) in [6.45, 7) is 4.83. The number of ether oxygens (including phenoxy) is 4. The topological polar surface area (TPSA) is 248 Å². The predicted octanol–water partition coefficient (Wildman–Crippen LogP) is 10.4. The van der Waals surface area contributed by atoms with Gasteiger partial charge in [-0.2, -0.15) is 10.2 Å². The highest BCUT2D eigenvalue weighted by molar-refractivity contribution is 6.05. The number of nitrogens with zero attached hydrogens (tertiary/aromatic N) is 12. The van der Waals surface area contributed by atoms with Crippen LogP contribution in [-0.2, 0) is 17.9 Å². The Kier molecular flexibility index (Phi) is 20.2. The largest absolute Gasteiger partial charge is 0.497 e. The van der Waals surface area contributed by atoms with Crippen LogP contribution in [0.15, 0.2) is 170 Å². The molecule has 0 spiro atoms. The van der Waals surface area contributed by atoms with Gasteiger partial charge in [-0.1, -0.05) is 30.3 Å². The third kappa shape index (κ3) is 16.1. The number of carbonyl (C=O) groups is 3. The molecule has 1 aliphatic carbocycles. The van der Waals surface area contributed by atoms with Crippen LogP contribution in [0.5, 0.6) is 34.5 Å². The van der Waals surface area contributed by atoms with Crippen LogP contribution >= 0.6 is 0 Å². The number of pyridine rings is 4. The minimum Gasteiger partial charge on any atom is -0.497 e. The molecular formula is C72H79N17O7. The summed E-state index contributed by atoms with van der Waals surface area (Å²) in [4.78, 5) is 65.0. The van der Waals surface area contributed by atoms with Crippen molar-refractivity contribution < 1.29 is 33.3 Å². The molecular weight excluding hydrogens is 1210 g/mol. The fourth-order valence-electron chi connectivity index (χ4n) is 11.4. The van der Waals surface area contributed by atoms with E-state index < -0.39 is 0 Å². The van der Waals surface area contributed by atoms with Gasteiger partial charge in [0.1, 0.15) is 56.9 Å². The quantitative estimate of drug-likeness (QED) is 0.0353. The van der Waals surface area contributed by atoms with E-state index in [2.05, 4.69) is 53.5 Å². The minimum absolute atomic E-state index is 0.00668. The Bertz CT molecular complexity index is 4360. The second-order valence-electron chi connectivity index (χ2n) is 24.3. The molecule has 494 valence electrons. The summed E-state index contributed by atoms with van der Waals surface area (Å²) in [6.07, 6.45) is 14.7. The third-order valence-corrected chi connectivity index (χ3v) is 16.9. The number of hydrogen-bond acceptors (Lipinski definition) is 19. The van der Waals surface area contributed by atoms with E-state index in [0.717, 1.165) is 83.1 Å². The average molecular weight is 1290 g/mol. The zero-order valence-corrected chi connectivity index (χ0v) is 54.9. The van der Waals surface area contributed by atoms with Crippen LogP contribution in [0.4, 0.5) is 34.6 Å². The maximum Gasteiger partial charge on any atom is 0.256 e. The molecule has 6 aromatic heterocycles. The van der Waals surface area contributed by atoms with Crippen LogP contribution in [0.3, 0.4) is 0 Å². The van der Waals surface area contributed by atoms with Gasteiger partial charge in [0.25, 0.3) is 11.8 Å². The van der Waals surface area contributed by atoms with Gasteiger partial charge in [0.15, 0.2) is 22.9 Å². The zero-order chi connectivity index (χ0) is 66.7. The van der Waals surface area contributed by atoms with E-state index in [0.29, 0.717) is 95.1 Å². The third-order valence-electron chi connectivity index (χ3n) is 16.9. The summed E-state index contributed by atoms with van der Waals surface area (Å²) in [6, 6.07) is 41.7. The SMILES string of the molecule is COc1ccc(Cn2nc(N[C@@H]3CCN(C(=O)/C=C/CN(C)C4CC4)C3)c3c(Oc4ccc(C(=O)Nc5cc(N(C)C)ccn5)cc4)ccnc32)cc1.COc1ccc(Cn2nc(N[C@@H]3CCNC3)c3c(Oc4ccc(C(=O)Nc5cc(N(C)C)ccn5)cc4)ccnc32)cc1. The lowest BCUT2D eigenvalue weighted by Gasteiger charge is -2.16. The van der Waals surface area contributed by atoms with Crippen molar-refractivity contribution >= 4 is 74.4 Å². The number of carbonyl (C=O) groups excluding carboxylic acids is 3. The first kappa shape index (κ1) is 65.0. The second kappa shape index (κ2) is 29.9. The Balaban J connectivity index is 0.000000187. The Morgan fingerprint density at radius 2 is 1.03 bits per heavy atom. The maximum absolute atomic E-state index is 13.0. The van der Waals surface area contributed by atoms with Gasteiger partial charge < -0.3 is 60.2 Å². The fraction of sp³-hybridized carbons (Fsp3) is 0.292. The van der Waals surface area contributed by atoms with Gasteiger partial charge in [0.05, 0.1) is 27.3 Å². The van der Waals surface area contributed by atoms with E-state index in [-0.39, 0.29) is 29.8 Å². The van der Waals surface area contributed by atoms with Crippen molar-refractivity contribution in [2.24, 2.45) is 0 Å². The highest BCUT2D eigenvalue weighted by Gasteiger charge is 2.29. The number of aromatic nitrogens is 8. The molecule has 4 aromatic carbocycles. The van der Waals surface area contributed by atoms with Gasteiger partial charge in [-0.05, 0) is 135 Å². The summed E-state index contributed by atoms with van der Waals surface area (Å²) >= 11 is 0. The van der Waals surface area contributed by atoms with Crippen LogP contribution in [0.2, 0.25) is 0 Å². The first-order valence-corrected chi connectivity index (χ1v) is 32.0. The Hall–Kier alpha value is -11.1. The molecule has 13 rings (SSSR count). The van der Waals surface area contributed by atoms with Gasteiger partial charge in [-0.25, -0.2) is 29.3 Å². The van der Waals surface area contributed by atoms with Crippen LogP contribution in [0.25, 0.3) is 22.1 Å². The Labute approximate surface area is 557 Å². The normalized spacial score (nSPS) is 15.1. The molecule has 5 N–H and O–H groups in total. The lowest BCUT2D eigenvalue weighted by Crippen LogP contribution is -2.30. The van der Waals surface area contributed by atoms with Gasteiger partial charge in [-0.3, -0.25) is 19.3 Å². The van der Waals surface area contributed by atoms with Crippen molar-refractivity contribution in [2.45, 2.75) is 56.9 Å². The molecule has 1 saturated carbocycles. The van der Waals surface area contributed by atoms with Crippen LogP contribution in [0.1, 0.15) is 57.5 Å². The number of likely N-dealkylation sites (tertiary alicyclic amines) is 1. The fourth-order valence-corrected chi connectivity index (χ4v) is 11.4. The average Bonchev–Trinajstić information content (AvgIpc) is 1.62. The molecule has 24 heteroatoms. The summed E-state index contributed by atoms with van der Waals surface area (Å²) in [5.74, 6) is 5.71. The first-order chi connectivity index (χ1) is 46.7. The second-order valence-corrected chi connectivity index (χ2v) is 24.3. The molecule has 0 unspecified atom stereocenters. The molecule has 10 aromatic rings. The van der Waals surface area contributed by atoms with Crippen molar-refractivity contribution in [3.63, 3.8) is 0 Å². The number of amides is 3. The monoisotopic (exact) mass is 1290 g/mol. The van der Waals surface area contributed by atoms with Crippen LogP contribution in [-0.4, -0.2) is 167 Å². The van der Waals surface area contributed by atoms with E-state index in [1.54, 1.807) is 93.6 Å². The Morgan fingerprint density at radius 1 is 0.562 bits per heavy atom. The van der Waals surface area contributed by atoms with Crippen LogP contribution in [0, 0.1) is 0 Å². The predicted molar refractivity (Wildman–Crippen MR) is 374 cm³/mol. The smallest absolute Gasteiger partial charge is 0.256 e. The first-order valence-electron chi connectivity index (χ1n) is 32.0. The number of fused-ring (bicyclic) bond motifs is 2. The summed E-state index contributed by atoms with van der Waals surface area (Å²) in [5, 5.41) is 27.8. The molecule has 2 atom stereocenters. The molecule has 0 bridgehead atoms. The van der Waals surface area contributed by atoms with Gasteiger partial charge >= 0.3 is 0 Å². The number of hydrogen-bond donors (Lipinski definition) is 5. The van der Waals surface area contributed by atoms with Gasteiger partial charge in [0, 0.05) is 150 Å². The van der Waals surface area contributed by atoms with E-state index in [4.69, 9.17) is 34.1 Å². The number of nitrogens with one attached hydrogen (secondary N) is 5. The number of likely N-dealkylation sites (N-methyl/N-ethyl adjacent to an activating group) is 1. The molecule has 3 amide bonds. The molecule has 24 nitrogen and oxygen atoms in total. The van der Waals surface area contributed by atoms with Gasteiger partial charge in [-0.15, -0.1) is 0 Å². The minimum atomic E-state index is -0.275. The number of methoxy groups -OCH3 is 2. The van der Waals surface area contributed by atoms with Crippen molar-refractivity contribution in [1.82, 2.24) is 54.6 Å². The standard InChI is InChI=1S/C40H45N9O4.C32H34N8O3/c1-46(2)31-17-20-41-35(24-31)44-40(51)28-9-15-33(16-10-28)53-34-18-21-42-39-37(34)38(45-49(39)25-27-7-13-32(52-4)14-8-27)43-29-19-23-48(26-29)36(50)6-5-22-47(3)30-11-12-30;1-39(2)24-13-16-34-28(18-24)37-32(41)22-6-10-26(11-7-22)43-27-14-17-35-31-29(27)30(36-23-12-15-33-19-23)38-40(31)20-21-4-8-25(42-3)9-5-21/h5-10,13-18,20-21,24,29-30H,11-12,19,22-23,25-26H2,1-4H3,(H,43,45)(H,41,44,51);4-11,13-14,16-18,23,33H,12,15,19-20H2,1-3H3,(H,36,38)(H,34,37,41)/b6-5+;/t29-;23-/m11/s1. The molecule has 96 heavy (non-hydrogen) atoms. The van der Waals surface area contributed by atoms with Crippen molar-refractivity contribution in [1.29, 1.82) is 0 Å². The lowest BCUT2D eigenvalue weighted by molar-refractivity contribution is -0.125. The zero-order valence-electron chi connectivity index (χ0n) is 54.9.